The van der Waals surface area contributed by atoms with E-state index in [1.165, 1.54) is 42.3 Å². The molecule has 8 nitrogen and oxygen atoms in total. The summed E-state index contributed by atoms with van der Waals surface area (Å²) >= 11 is 14.7. The highest BCUT2D eigenvalue weighted by molar-refractivity contribution is 6.58. The van der Waals surface area contributed by atoms with Gasteiger partial charge in [0.15, 0.2) is 9.75 Å². The monoisotopic (exact) mass is 648 g/mol. The molecule has 45 heavy (non-hydrogen) atoms. The SMILES string of the molecule is COc1ccc(O)c(C2C3=CCC4C(=O)N(Cc5ccccc5)C(=O)C4C3CC3(Cl)C(=O)N(c4ccc(F)cc4)C(=O)C23Cl)c1. The molecular weight excluding hydrogens is 622 g/mol. The van der Waals surface area contributed by atoms with Gasteiger partial charge in [0, 0.05) is 11.5 Å². The van der Waals surface area contributed by atoms with Crippen LogP contribution in [0.2, 0.25) is 0 Å². The Morgan fingerprint density at radius 1 is 0.933 bits per heavy atom. The summed E-state index contributed by atoms with van der Waals surface area (Å²) in [5.74, 6) is -6.32. The lowest BCUT2D eigenvalue weighted by Gasteiger charge is -2.50. The van der Waals surface area contributed by atoms with E-state index in [4.69, 9.17) is 27.9 Å². The number of likely N-dealkylation sites (tertiary alicyclic amines) is 1. The number of imide groups is 2. The number of hydrogen-bond donors (Lipinski definition) is 1. The Bertz CT molecular complexity index is 1800. The van der Waals surface area contributed by atoms with Crippen molar-refractivity contribution in [2.45, 2.75) is 35.1 Å². The summed E-state index contributed by atoms with van der Waals surface area (Å²) in [6.45, 7) is 0.0921. The number of ether oxygens (including phenoxy) is 1. The van der Waals surface area contributed by atoms with Gasteiger partial charge in [-0.25, -0.2) is 9.29 Å². The first-order valence-corrected chi connectivity index (χ1v) is 15.2. The van der Waals surface area contributed by atoms with Crippen LogP contribution >= 0.6 is 23.2 Å². The number of halogens is 3. The number of carbonyl (C=O) groups excluding carboxylic acids is 4. The van der Waals surface area contributed by atoms with E-state index >= 15 is 0 Å². The predicted octanol–water partition coefficient (Wildman–Crippen LogP) is 5.30. The maximum Gasteiger partial charge on any atom is 0.258 e. The second kappa shape index (κ2) is 10.4. The van der Waals surface area contributed by atoms with Crippen molar-refractivity contribution in [3.63, 3.8) is 0 Å². The smallest absolute Gasteiger partial charge is 0.258 e. The number of phenolic OH excluding ortho intramolecular Hbond substituents is 1. The zero-order valence-corrected chi connectivity index (χ0v) is 25.5. The van der Waals surface area contributed by atoms with Crippen LogP contribution < -0.4 is 9.64 Å². The maximum absolute atomic E-state index is 14.4. The summed E-state index contributed by atoms with van der Waals surface area (Å²) in [6.07, 6.45) is 1.78. The van der Waals surface area contributed by atoms with Crippen molar-refractivity contribution < 1.29 is 33.4 Å². The van der Waals surface area contributed by atoms with Gasteiger partial charge in [-0.1, -0.05) is 42.0 Å². The molecule has 1 N–H and O–H groups in total. The third-order valence-corrected chi connectivity index (χ3v) is 11.1. The van der Waals surface area contributed by atoms with E-state index < -0.39 is 57.0 Å². The van der Waals surface area contributed by atoms with Crippen LogP contribution in [0, 0.1) is 23.6 Å². The third-order valence-electron chi connectivity index (χ3n) is 9.72. The number of nitrogens with zero attached hydrogens (tertiary/aromatic N) is 2. The normalized spacial score (nSPS) is 30.6. The van der Waals surface area contributed by atoms with Crippen LogP contribution in [-0.4, -0.2) is 50.5 Å². The molecule has 0 spiro atoms. The lowest BCUT2D eigenvalue weighted by Crippen LogP contribution is -2.60. The number of phenols is 1. The predicted molar refractivity (Wildman–Crippen MR) is 163 cm³/mol. The molecular formula is C34H27Cl2FN2O6. The lowest BCUT2D eigenvalue weighted by molar-refractivity contribution is -0.141. The average molecular weight is 650 g/mol. The number of amides is 4. The van der Waals surface area contributed by atoms with Gasteiger partial charge in [0.25, 0.3) is 11.8 Å². The maximum atomic E-state index is 14.4. The highest BCUT2D eigenvalue weighted by Gasteiger charge is 2.76. The number of methoxy groups -OCH3 is 1. The summed E-state index contributed by atoms with van der Waals surface area (Å²) in [5.41, 5.74) is 1.58. The first-order chi connectivity index (χ1) is 21.5. The first kappa shape index (κ1) is 29.5. The van der Waals surface area contributed by atoms with Crippen LogP contribution in [0.4, 0.5) is 10.1 Å². The molecule has 11 heteroatoms. The topological polar surface area (TPSA) is 104 Å². The molecule has 0 radical (unpaired) electrons. The van der Waals surface area contributed by atoms with Crippen molar-refractivity contribution in [3.8, 4) is 11.5 Å². The summed E-state index contributed by atoms with van der Waals surface area (Å²) in [5, 5.41) is 11.2. The molecule has 1 saturated carbocycles. The van der Waals surface area contributed by atoms with Gasteiger partial charge in [0.05, 0.1) is 31.2 Å². The molecule has 230 valence electrons. The number of fused-ring (bicyclic) bond motifs is 4. The van der Waals surface area contributed by atoms with Crippen molar-refractivity contribution >= 4 is 52.5 Å². The van der Waals surface area contributed by atoms with Crippen molar-refractivity contribution in [1.29, 1.82) is 0 Å². The van der Waals surface area contributed by atoms with Crippen molar-refractivity contribution in [1.82, 2.24) is 4.90 Å². The fourth-order valence-corrected chi connectivity index (χ4v) is 8.55. The van der Waals surface area contributed by atoms with Crippen molar-refractivity contribution in [2.75, 3.05) is 12.0 Å². The Labute approximate surface area is 268 Å². The van der Waals surface area contributed by atoms with Crippen LogP contribution in [0.5, 0.6) is 11.5 Å². The number of rotatable bonds is 5. The standard InChI is InChI=1S/C34H27Cl2FN2O6/c1-45-21-11-14-26(40)24(15-21)28-22-12-13-23-27(30(42)38(29(23)41)17-18-5-3-2-4-6-18)25(22)16-33(35)31(43)39(32(44)34(28,33)36)20-9-7-19(37)8-10-20/h2-12,14-15,23,25,27-28,40H,13,16-17H2,1H3. The molecule has 4 amide bonds. The molecule has 2 aliphatic heterocycles. The second-order valence-electron chi connectivity index (χ2n) is 11.9. The molecule has 4 aliphatic rings. The van der Waals surface area contributed by atoms with Crippen molar-refractivity contribution in [2.24, 2.45) is 17.8 Å². The van der Waals surface area contributed by atoms with E-state index in [9.17, 15) is 28.7 Å². The van der Waals surface area contributed by atoms with E-state index in [1.807, 2.05) is 30.3 Å². The molecule has 6 atom stereocenters. The van der Waals surface area contributed by atoms with Gasteiger partial charge in [-0.3, -0.25) is 24.1 Å². The summed E-state index contributed by atoms with van der Waals surface area (Å²) in [6, 6.07) is 18.4. The van der Waals surface area contributed by atoms with Gasteiger partial charge in [0.1, 0.15) is 17.3 Å². The highest BCUT2D eigenvalue weighted by Crippen LogP contribution is 2.66. The molecule has 2 aliphatic carbocycles. The van der Waals surface area contributed by atoms with E-state index in [0.29, 0.717) is 11.3 Å². The van der Waals surface area contributed by atoms with Gasteiger partial charge in [-0.15, -0.1) is 23.2 Å². The zero-order valence-electron chi connectivity index (χ0n) is 24.0. The largest absolute Gasteiger partial charge is 0.508 e. The zero-order chi connectivity index (χ0) is 31.8. The van der Waals surface area contributed by atoms with Crippen LogP contribution in [-0.2, 0) is 25.7 Å². The number of allylic oxidation sites excluding steroid dienone is 2. The minimum Gasteiger partial charge on any atom is -0.508 e. The van der Waals surface area contributed by atoms with Crippen LogP contribution in [0.3, 0.4) is 0 Å². The minimum atomic E-state index is -2.16. The number of carbonyl (C=O) groups is 4. The highest BCUT2D eigenvalue weighted by atomic mass is 35.5. The van der Waals surface area contributed by atoms with Crippen LogP contribution in [0.25, 0.3) is 0 Å². The molecule has 2 heterocycles. The Morgan fingerprint density at radius 2 is 1.64 bits per heavy atom. The van der Waals surface area contributed by atoms with Crippen molar-refractivity contribution in [3.05, 3.63) is 101 Å². The van der Waals surface area contributed by atoms with Gasteiger partial charge >= 0.3 is 0 Å². The molecule has 0 aromatic heterocycles. The number of benzene rings is 3. The molecule has 3 aromatic carbocycles. The number of alkyl halides is 2. The van der Waals surface area contributed by atoms with Gasteiger partial charge in [-0.05, 0) is 66.8 Å². The Morgan fingerprint density at radius 3 is 2.33 bits per heavy atom. The van der Waals surface area contributed by atoms with Gasteiger partial charge in [0.2, 0.25) is 11.8 Å². The van der Waals surface area contributed by atoms with Gasteiger partial charge < -0.3 is 9.84 Å². The number of anilines is 1. The summed E-state index contributed by atoms with van der Waals surface area (Å²) in [7, 11) is 1.44. The lowest BCUT2D eigenvalue weighted by atomic mass is 9.56. The molecule has 3 fully saturated rings. The Hall–Kier alpha value is -4.21. The second-order valence-corrected chi connectivity index (χ2v) is 13.2. The Kier molecular flexibility index (Phi) is 6.83. The third kappa shape index (κ3) is 4.10. The molecule has 7 rings (SSSR count). The first-order valence-electron chi connectivity index (χ1n) is 14.5. The average Bonchev–Trinajstić information content (AvgIpc) is 3.36. The van der Waals surface area contributed by atoms with E-state index in [-0.39, 0.29) is 42.3 Å². The molecule has 2 saturated heterocycles. The van der Waals surface area contributed by atoms with E-state index in [0.717, 1.165) is 22.6 Å². The van der Waals surface area contributed by atoms with Crippen LogP contribution in [0.1, 0.15) is 29.9 Å². The molecule has 6 unspecified atom stereocenters. The number of hydrogen-bond acceptors (Lipinski definition) is 6. The summed E-state index contributed by atoms with van der Waals surface area (Å²) < 4.78 is 19.2. The van der Waals surface area contributed by atoms with E-state index in [1.54, 1.807) is 6.08 Å². The van der Waals surface area contributed by atoms with Crippen LogP contribution in [0.15, 0.2) is 84.4 Å². The van der Waals surface area contributed by atoms with Gasteiger partial charge in [-0.2, -0.15) is 0 Å². The fraction of sp³-hybridized carbons (Fsp3) is 0.294. The molecule has 0 bridgehead atoms. The Balaban J connectivity index is 1.39. The quantitative estimate of drug-likeness (QED) is 0.229. The molecule has 3 aromatic rings. The summed E-state index contributed by atoms with van der Waals surface area (Å²) in [4.78, 5) is 54.3. The van der Waals surface area contributed by atoms with E-state index in [2.05, 4.69) is 0 Å². The fourth-order valence-electron chi connectivity index (χ4n) is 7.62. The number of aromatic hydroxyl groups is 1. The minimum absolute atomic E-state index is 0.0745.